The van der Waals surface area contributed by atoms with E-state index in [0.29, 0.717) is 0 Å². The number of ether oxygens (including phenoxy) is 1. The first-order valence-corrected chi connectivity index (χ1v) is 6.53. The van der Waals surface area contributed by atoms with Crippen molar-refractivity contribution >= 4 is 0 Å². The molecule has 1 aromatic carbocycles. The van der Waals surface area contributed by atoms with Crippen molar-refractivity contribution in [2.75, 3.05) is 7.11 Å². The maximum Gasteiger partial charge on any atom is 0.254 e. The minimum Gasteiger partial charge on any atom is -0.497 e. The third kappa shape index (κ3) is 2.26. The van der Waals surface area contributed by atoms with E-state index in [-0.39, 0.29) is 5.56 Å². The largest absolute Gasteiger partial charge is 0.497 e. The van der Waals surface area contributed by atoms with Crippen LogP contribution in [-0.2, 0) is 13.0 Å². The summed E-state index contributed by atoms with van der Waals surface area (Å²) >= 11 is 0. The highest BCUT2D eigenvalue weighted by Crippen LogP contribution is 2.21. The number of aromatic nitrogens is 2. The molecule has 0 spiro atoms. The van der Waals surface area contributed by atoms with Crippen LogP contribution in [0.5, 0.6) is 5.75 Å². The van der Waals surface area contributed by atoms with E-state index in [1.54, 1.807) is 17.7 Å². The number of fused-ring (bicyclic) bond motifs is 1. The van der Waals surface area contributed by atoms with E-state index in [1.807, 2.05) is 24.3 Å². The van der Waals surface area contributed by atoms with Crippen LogP contribution in [0.25, 0.3) is 11.3 Å². The minimum absolute atomic E-state index is 0.0514. The van der Waals surface area contributed by atoms with Crippen molar-refractivity contribution in [1.82, 2.24) is 9.55 Å². The van der Waals surface area contributed by atoms with Gasteiger partial charge in [-0.25, -0.2) is 4.98 Å². The van der Waals surface area contributed by atoms with Crippen molar-refractivity contribution in [2.45, 2.75) is 25.8 Å². The predicted molar refractivity (Wildman–Crippen MR) is 73.4 cm³/mol. The molecule has 0 unspecified atom stereocenters. The lowest BCUT2D eigenvalue weighted by Gasteiger charge is -2.17. The normalized spacial score (nSPS) is 13.9. The van der Waals surface area contributed by atoms with E-state index in [2.05, 4.69) is 4.98 Å². The van der Waals surface area contributed by atoms with Crippen LogP contribution < -0.4 is 10.3 Å². The second-order valence-electron chi connectivity index (χ2n) is 4.73. The summed E-state index contributed by atoms with van der Waals surface area (Å²) in [7, 11) is 1.64. The van der Waals surface area contributed by atoms with Gasteiger partial charge in [-0.2, -0.15) is 0 Å². The van der Waals surface area contributed by atoms with E-state index in [1.165, 1.54) is 0 Å². The summed E-state index contributed by atoms with van der Waals surface area (Å²) in [6.45, 7) is 0.796. The van der Waals surface area contributed by atoms with Crippen LogP contribution in [0.3, 0.4) is 0 Å². The Kier molecular flexibility index (Phi) is 3.07. The second-order valence-corrected chi connectivity index (χ2v) is 4.73. The lowest BCUT2D eigenvalue weighted by molar-refractivity contribution is 0.415. The van der Waals surface area contributed by atoms with Crippen molar-refractivity contribution < 1.29 is 4.74 Å². The van der Waals surface area contributed by atoms with Crippen LogP contribution in [-0.4, -0.2) is 16.7 Å². The highest BCUT2D eigenvalue weighted by molar-refractivity contribution is 5.59. The summed E-state index contributed by atoms with van der Waals surface area (Å²) in [6.07, 6.45) is 3.06. The molecule has 98 valence electrons. The van der Waals surface area contributed by atoms with Gasteiger partial charge in [-0.15, -0.1) is 0 Å². The molecule has 0 amide bonds. The molecule has 19 heavy (non-hydrogen) atoms. The smallest absolute Gasteiger partial charge is 0.254 e. The monoisotopic (exact) mass is 256 g/mol. The van der Waals surface area contributed by atoms with Crippen LogP contribution in [0.1, 0.15) is 18.7 Å². The number of hydrogen-bond acceptors (Lipinski definition) is 3. The van der Waals surface area contributed by atoms with Crippen molar-refractivity contribution in [1.29, 1.82) is 0 Å². The number of hydrogen-bond donors (Lipinski definition) is 0. The average molecular weight is 256 g/mol. The van der Waals surface area contributed by atoms with Crippen molar-refractivity contribution in [2.24, 2.45) is 0 Å². The maximum absolute atomic E-state index is 12.1. The van der Waals surface area contributed by atoms with Crippen LogP contribution in [0.15, 0.2) is 35.1 Å². The number of methoxy groups -OCH3 is 1. The molecule has 4 nitrogen and oxygen atoms in total. The third-order valence-corrected chi connectivity index (χ3v) is 3.51. The average Bonchev–Trinajstić information content (AvgIpc) is 2.47. The number of benzene rings is 1. The highest BCUT2D eigenvalue weighted by Gasteiger charge is 2.13. The molecule has 0 fully saturated rings. The van der Waals surface area contributed by atoms with Gasteiger partial charge < -0.3 is 4.74 Å². The Morgan fingerprint density at radius 1 is 1.21 bits per heavy atom. The lowest BCUT2D eigenvalue weighted by atomic mass is 10.1. The molecule has 0 N–H and O–H groups in total. The van der Waals surface area contributed by atoms with Gasteiger partial charge in [0.05, 0.1) is 12.8 Å². The fourth-order valence-electron chi connectivity index (χ4n) is 2.45. The Morgan fingerprint density at radius 2 is 2.00 bits per heavy atom. The highest BCUT2D eigenvalue weighted by atomic mass is 16.5. The number of nitrogens with zero attached hydrogens (tertiary/aromatic N) is 2. The first-order valence-electron chi connectivity index (χ1n) is 6.53. The molecule has 1 aliphatic rings. The van der Waals surface area contributed by atoms with E-state index >= 15 is 0 Å². The summed E-state index contributed by atoms with van der Waals surface area (Å²) in [5.41, 5.74) is 1.75. The first-order chi connectivity index (χ1) is 9.28. The lowest BCUT2D eigenvalue weighted by Crippen LogP contribution is -2.27. The van der Waals surface area contributed by atoms with Crippen molar-refractivity contribution in [3.8, 4) is 17.0 Å². The van der Waals surface area contributed by atoms with Gasteiger partial charge in [-0.1, -0.05) is 0 Å². The first kappa shape index (κ1) is 12.0. The summed E-state index contributed by atoms with van der Waals surface area (Å²) in [5.74, 6) is 1.71. The molecule has 2 heterocycles. The summed E-state index contributed by atoms with van der Waals surface area (Å²) < 4.78 is 6.92. The van der Waals surface area contributed by atoms with Crippen molar-refractivity contribution in [3.63, 3.8) is 0 Å². The standard InChI is InChI=1S/C15H16N2O2/c1-19-12-7-5-11(6-8-12)13-10-15(18)17-9-3-2-4-14(17)16-13/h5-8,10H,2-4,9H2,1H3. The fourth-order valence-corrected chi connectivity index (χ4v) is 2.45. The summed E-state index contributed by atoms with van der Waals surface area (Å²) in [4.78, 5) is 16.7. The molecular formula is C15H16N2O2. The third-order valence-electron chi connectivity index (χ3n) is 3.51. The molecular weight excluding hydrogens is 240 g/mol. The Bertz CT molecular complexity index is 644. The van der Waals surface area contributed by atoms with E-state index in [0.717, 1.165) is 48.6 Å². The van der Waals surface area contributed by atoms with Crippen LogP contribution >= 0.6 is 0 Å². The minimum atomic E-state index is 0.0514. The van der Waals surface area contributed by atoms with Crippen LogP contribution in [0.4, 0.5) is 0 Å². The molecule has 0 atom stereocenters. The molecule has 4 heteroatoms. The van der Waals surface area contributed by atoms with Gasteiger partial charge in [-0.05, 0) is 37.1 Å². The maximum atomic E-state index is 12.1. The molecule has 3 rings (SSSR count). The van der Waals surface area contributed by atoms with Gasteiger partial charge in [0.15, 0.2) is 0 Å². The zero-order chi connectivity index (χ0) is 13.2. The zero-order valence-electron chi connectivity index (χ0n) is 10.9. The van der Waals surface area contributed by atoms with E-state index in [4.69, 9.17) is 4.74 Å². The second kappa shape index (κ2) is 4.88. The topological polar surface area (TPSA) is 44.1 Å². The summed E-state index contributed by atoms with van der Waals surface area (Å²) in [6, 6.07) is 9.25. The molecule has 2 aromatic rings. The molecule has 0 saturated carbocycles. The van der Waals surface area contributed by atoms with E-state index < -0.39 is 0 Å². The fraction of sp³-hybridized carbons (Fsp3) is 0.333. The van der Waals surface area contributed by atoms with Gasteiger partial charge in [0, 0.05) is 24.6 Å². The molecule has 0 aliphatic carbocycles. The quantitative estimate of drug-likeness (QED) is 0.827. The summed E-state index contributed by atoms with van der Waals surface area (Å²) in [5, 5.41) is 0. The van der Waals surface area contributed by atoms with Gasteiger partial charge in [0.1, 0.15) is 11.6 Å². The van der Waals surface area contributed by atoms with E-state index in [9.17, 15) is 4.79 Å². The Labute approximate surface area is 111 Å². The Hall–Kier alpha value is -2.10. The van der Waals surface area contributed by atoms with Crippen molar-refractivity contribution in [3.05, 3.63) is 46.5 Å². The number of aryl methyl sites for hydroxylation is 1. The Balaban J connectivity index is 2.05. The zero-order valence-corrected chi connectivity index (χ0v) is 10.9. The molecule has 1 aliphatic heterocycles. The SMILES string of the molecule is COc1ccc(-c2cc(=O)n3c(n2)CCCC3)cc1. The van der Waals surface area contributed by atoms with Crippen LogP contribution in [0, 0.1) is 0 Å². The van der Waals surface area contributed by atoms with Gasteiger partial charge in [0.2, 0.25) is 0 Å². The Morgan fingerprint density at radius 3 is 2.74 bits per heavy atom. The van der Waals surface area contributed by atoms with Crippen LogP contribution in [0.2, 0.25) is 0 Å². The molecule has 0 saturated heterocycles. The van der Waals surface area contributed by atoms with Gasteiger partial charge in [-0.3, -0.25) is 9.36 Å². The molecule has 0 bridgehead atoms. The van der Waals surface area contributed by atoms with Gasteiger partial charge >= 0.3 is 0 Å². The molecule has 1 aromatic heterocycles. The predicted octanol–water partition coefficient (Wildman–Crippen LogP) is 2.26. The van der Waals surface area contributed by atoms with Gasteiger partial charge in [0.25, 0.3) is 5.56 Å². The number of rotatable bonds is 2. The molecule has 0 radical (unpaired) electrons.